The van der Waals surface area contributed by atoms with E-state index in [0.29, 0.717) is 17.8 Å². The zero-order valence-electron chi connectivity index (χ0n) is 18.8. The molecule has 0 radical (unpaired) electrons. The Morgan fingerprint density at radius 3 is 2.26 bits per heavy atom. The van der Waals surface area contributed by atoms with Gasteiger partial charge in [0.1, 0.15) is 11.9 Å². The van der Waals surface area contributed by atoms with E-state index >= 15 is 0 Å². The topological polar surface area (TPSA) is 49.4 Å². The molecule has 172 valence electrons. The molecule has 6 heteroatoms. The van der Waals surface area contributed by atoms with Crippen molar-refractivity contribution in [3.8, 4) is 0 Å². The van der Waals surface area contributed by atoms with Crippen molar-refractivity contribution in [1.29, 1.82) is 0 Å². The van der Waals surface area contributed by atoms with E-state index in [1.807, 2.05) is 79.0 Å². The second kappa shape index (κ2) is 10.9. The summed E-state index contributed by atoms with van der Waals surface area (Å²) in [4.78, 5) is 29.6. The molecule has 3 aromatic carbocycles. The Kier molecular flexibility index (Phi) is 7.50. The van der Waals surface area contributed by atoms with Gasteiger partial charge in [0.05, 0.1) is 6.42 Å². The molecule has 4 nitrogen and oxygen atoms in total. The summed E-state index contributed by atoms with van der Waals surface area (Å²) < 4.78 is 13.7. The Bertz CT molecular complexity index is 1220. The largest absolute Gasteiger partial charge is 0.350 e. The van der Waals surface area contributed by atoms with Crippen molar-refractivity contribution >= 4 is 28.8 Å². The second-order valence-electron chi connectivity index (χ2n) is 8.01. The summed E-state index contributed by atoms with van der Waals surface area (Å²) in [5, 5.41) is 4.89. The lowest BCUT2D eigenvalue weighted by atomic mass is 10.0. The lowest BCUT2D eigenvalue weighted by molar-refractivity contribution is -0.126. The third-order valence-corrected chi connectivity index (χ3v) is 6.36. The van der Waals surface area contributed by atoms with Gasteiger partial charge >= 0.3 is 0 Å². The highest BCUT2D eigenvalue weighted by molar-refractivity contribution is 7.10. The van der Waals surface area contributed by atoms with Gasteiger partial charge in [-0.05, 0) is 53.8 Å². The molecule has 1 N–H and O–H groups in total. The molecular formula is C28H25FN2O2S. The van der Waals surface area contributed by atoms with Crippen LogP contribution < -0.4 is 10.2 Å². The molecule has 0 aliphatic heterocycles. The zero-order chi connectivity index (χ0) is 23.9. The van der Waals surface area contributed by atoms with Gasteiger partial charge in [0.2, 0.25) is 11.8 Å². The van der Waals surface area contributed by atoms with E-state index in [0.717, 1.165) is 16.0 Å². The van der Waals surface area contributed by atoms with Crippen LogP contribution >= 0.6 is 11.3 Å². The molecule has 0 aliphatic rings. The molecule has 0 saturated carbocycles. The highest BCUT2D eigenvalue weighted by Crippen LogP contribution is 2.30. The summed E-state index contributed by atoms with van der Waals surface area (Å²) in [7, 11) is 0. The van der Waals surface area contributed by atoms with E-state index in [1.165, 1.54) is 40.5 Å². The molecule has 4 aromatic rings. The minimum Gasteiger partial charge on any atom is -0.350 e. The van der Waals surface area contributed by atoms with Gasteiger partial charge in [-0.1, -0.05) is 66.2 Å². The Balaban J connectivity index is 1.72. The number of thiophene rings is 1. The molecule has 0 aliphatic carbocycles. The first kappa shape index (κ1) is 23.4. The van der Waals surface area contributed by atoms with E-state index in [4.69, 9.17) is 0 Å². The number of nitrogens with zero attached hydrogens (tertiary/aromatic N) is 1. The van der Waals surface area contributed by atoms with Gasteiger partial charge in [-0.3, -0.25) is 14.5 Å². The molecule has 4 rings (SSSR count). The highest BCUT2D eigenvalue weighted by atomic mass is 32.1. The number of hydrogen-bond acceptors (Lipinski definition) is 3. The van der Waals surface area contributed by atoms with E-state index in [9.17, 15) is 14.0 Å². The molecule has 1 unspecified atom stereocenters. The fourth-order valence-electron chi connectivity index (χ4n) is 3.73. The number of benzene rings is 3. The van der Waals surface area contributed by atoms with Crippen LogP contribution in [0.15, 0.2) is 96.4 Å². The minimum absolute atomic E-state index is 0.142. The molecule has 0 fully saturated rings. The maximum atomic E-state index is 13.7. The van der Waals surface area contributed by atoms with Crippen LogP contribution in [0.4, 0.5) is 10.1 Å². The maximum Gasteiger partial charge on any atom is 0.248 e. The SMILES string of the molecule is Cc1ccc(C(C(=O)NCc2ccccc2)N(C(=O)Cc2cccs2)c2ccc(F)cc2)cc1. The molecule has 1 aromatic heterocycles. The number of carbonyl (C=O) groups excluding carboxylic acids is 2. The van der Waals surface area contributed by atoms with Gasteiger partial charge < -0.3 is 5.32 Å². The van der Waals surface area contributed by atoms with Crippen LogP contribution in [0, 0.1) is 12.7 Å². The highest BCUT2D eigenvalue weighted by Gasteiger charge is 2.32. The summed E-state index contributed by atoms with van der Waals surface area (Å²) in [6.07, 6.45) is 0.142. The number of carbonyl (C=O) groups is 2. The van der Waals surface area contributed by atoms with Gasteiger partial charge in [-0.25, -0.2) is 4.39 Å². The first-order valence-electron chi connectivity index (χ1n) is 11.0. The molecule has 0 saturated heterocycles. The molecule has 1 heterocycles. The third-order valence-electron chi connectivity index (χ3n) is 5.49. The smallest absolute Gasteiger partial charge is 0.248 e. The van der Waals surface area contributed by atoms with Gasteiger partial charge in [0.15, 0.2) is 0 Å². The molecule has 1 atom stereocenters. The van der Waals surface area contributed by atoms with Crippen LogP contribution in [0.5, 0.6) is 0 Å². The zero-order valence-corrected chi connectivity index (χ0v) is 19.6. The van der Waals surface area contributed by atoms with E-state index in [-0.39, 0.29) is 18.2 Å². The average molecular weight is 473 g/mol. The fraction of sp³-hybridized carbons (Fsp3) is 0.143. The summed E-state index contributed by atoms with van der Waals surface area (Å²) in [5.74, 6) is -0.958. The van der Waals surface area contributed by atoms with E-state index < -0.39 is 11.9 Å². The molecular weight excluding hydrogens is 447 g/mol. The first-order chi connectivity index (χ1) is 16.5. The number of hydrogen-bond donors (Lipinski definition) is 1. The number of rotatable bonds is 8. The van der Waals surface area contributed by atoms with Crippen molar-refractivity contribution in [2.45, 2.75) is 25.9 Å². The standard InChI is InChI=1S/C28H25FN2O2S/c1-20-9-11-22(12-10-20)27(28(33)30-19-21-6-3-2-4-7-21)31(24-15-13-23(29)14-16-24)26(32)18-25-8-5-17-34-25/h2-17,27H,18-19H2,1H3,(H,30,33). The minimum atomic E-state index is -0.915. The predicted octanol–water partition coefficient (Wildman–Crippen LogP) is 5.83. The lowest BCUT2D eigenvalue weighted by Gasteiger charge is -2.31. The number of amides is 2. The van der Waals surface area contributed by atoms with Gasteiger partial charge in [-0.15, -0.1) is 11.3 Å². The molecule has 0 spiro atoms. The maximum absolute atomic E-state index is 13.7. The molecule has 2 amide bonds. The quantitative estimate of drug-likeness (QED) is 0.351. The van der Waals surface area contributed by atoms with Crippen LogP contribution in [0.2, 0.25) is 0 Å². The first-order valence-corrected chi connectivity index (χ1v) is 11.9. The number of anilines is 1. The lowest BCUT2D eigenvalue weighted by Crippen LogP contribution is -2.44. The van der Waals surface area contributed by atoms with Crippen molar-refractivity contribution in [2.24, 2.45) is 0 Å². The Morgan fingerprint density at radius 1 is 0.912 bits per heavy atom. The van der Waals surface area contributed by atoms with Crippen LogP contribution in [-0.4, -0.2) is 11.8 Å². The van der Waals surface area contributed by atoms with E-state index in [2.05, 4.69) is 5.32 Å². The Labute approximate surface area is 202 Å². The predicted molar refractivity (Wildman–Crippen MR) is 134 cm³/mol. The van der Waals surface area contributed by atoms with Gasteiger partial charge in [0.25, 0.3) is 0 Å². The van der Waals surface area contributed by atoms with Crippen molar-refractivity contribution in [3.05, 3.63) is 124 Å². The normalized spacial score (nSPS) is 11.6. The summed E-state index contributed by atoms with van der Waals surface area (Å²) in [6.45, 7) is 2.30. The van der Waals surface area contributed by atoms with Crippen molar-refractivity contribution in [2.75, 3.05) is 4.90 Å². The molecule has 0 bridgehead atoms. The summed E-state index contributed by atoms with van der Waals surface area (Å²) >= 11 is 1.48. The van der Waals surface area contributed by atoms with Crippen molar-refractivity contribution < 1.29 is 14.0 Å². The summed E-state index contributed by atoms with van der Waals surface area (Å²) in [5.41, 5.74) is 3.14. The van der Waals surface area contributed by atoms with Crippen LogP contribution in [-0.2, 0) is 22.6 Å². The molecule has 34 heavy (non-hydrogen) atoms. The number of halogens is 1. The fourth-order valence-corrected chi connectivity index (χ4v) is 4.43. The summed E-state index contributed by atoms with van der Waals surface area (Å²) in [6, 6.07) is 25.7. The Morgan fingerprint density at radius 2 is 1.62 bits per heavy atom. The van der Waals surface area contributed by atoms with Crippen LogP contribution in [0.1, 0.15) is 27.6 Å². The van der Waals surface area contributed by atoms with Crippen LogP contribution in [0.25, 0.3) is 0 Å². The average Bonchev–Trinajstić information content (AvgIpc) is 3.36. The second-order valence-corrected chi connectivity index (χ2v) is 9.05. The third kappa shape index (κ3) is 5.77. The number of nitrogens with one attached hydrogen (secondary N) is 1. The van der Waals surface area contributed by atoms with Crippen molar-refractivity contribution in [3.63, 3.8) is 0 Å². The van der Waals surface area contributed by atoms with Gasteiger partial charge in [0, 0.05) is 17.1 Å². The Hall–Kier alpha value is -3.77. The van der Waals surface area contributed by atoms with E-state index in [1.54, 1.807) is 0 Å². The monoisotopic (exact) mass is 472 g/mol. The van der Waals surface area contributed by atoms with Gasteiger partial charge in [-0.2, -0.15) is 0 Å². The van der Waals surface area contributed by atoms with Crippen molar-refractivity contribution in [1.82, 2.24) is 5.32 Å². The number of aryl methyl sites for hydroxylation is 1. The van der Waals surface area contributed by atoms with Crippen LogP contribution in [0.3, 0.4) is 0 Å².